The normalized spacial score (nSPS) is 16.0. The summed E-state index contributed by atoms with van der Waals surface area (Å²) in [7, 11) is 1.35. The number of esters is 1. The Morgan fingerprint density at radius 1 is 1.31 bits per heavy atom. The van der Waals surface area contributed by atoms with Gasteiger partial charge in [-0.25, -0.2) is 4.79 Å². The van der Waals surface area contributed by atoms with Crippen molar-refractivity contribution in [3.05, 3.63) is 23.3 Å². The minimum absolute atomic E-state index is 0.407. The lowest BCUT2D eigenvalue weighted by atomic mass is 10.1. The van der Waals surface area contributed by atoms with Crippen LogP contribution in [0, 0.1) is 6.92 Å². The van der Waals surface area contributed by atoms with Crippen molar-refractivity contribution in [3.63, 3.8) is 0 Å². The van der Waals surface area contributed by atoms with Crippen LogP contribution < -0.4 is 9.47 Å². The van der Waals surface area contributed by atoms with Crippen LogP contribution in [0.2, 0.25) is 0 Å². The molecule has 0 saturated heterocycles. The van der Waals surface area contributed by atoms with Gasteiger partial charge in [-0.05, 0) is 18.6 Å². The molecule has 0 saturated carbocycles. The van der Waals surface area contributed by atoms with E-state index in [0.717, 1.165) is 5.56 Å². The number of hydrogen-bond acceptors (Lipinski definition) is 4. The van der Waals surface area contributed by atoms with E-state index in [1.54, 1.807) is 19.9 Å². The molecule has 0 atom stereocenters. The maximum absolute atomic E-state index is 11.6. The maximum atomic E-state index is 11.6. The number of fused-ring (bicyclic) bond motifs is 1. The Morgan fingerprint density at radius 3 is 2.62 bits per heavy atom. The topological polar surface area (TPSA) is 44.8 Å². The molecule has 0 fully saturated rings. The highest BCUT2D eigenvalue weighted by molar-refractivity contribution is 5.95. The Labute approximate surface area is 94.1 Å². The summed E-state index contributed by atoms with van der Waals surface area (Å²) < 4.78 is 15.9. The number of aryl methyl sites for hydroxylation is 1. The van der Waals surface area contributed by atoms with E-state index in [2.05, 4.69) is 0 Å². The summed E-state index contributed by atoms with van der Waals surface area (Å²) >= 11 is 0. The van der Waals surface area contributed by atoms with Crippen LogP contribution in [0.25, 0.3) is 0 Å². The standard InChI is InChI=1S/C12H14O4/c1-7-5-6-8-10(9(7)11(13)14-4)16-12(2,3)15-8/h5-6H,1-4H3. The third-order valence-electron chi connectivity index (χ3n) is 2.42. The first-order valence-electron chi connectivity index (χ1n) is 5.04. The van der Waals surface area contributed by atoms with E-state index in [-0.39, 0.29) is 0 Å². The molecule has 0 N–H and O–H groups in total. The van der Waals surface area contributed by atoms with Gasteiger partial charge in [0, 0.05) is 13.8 Å². The number of carbonyl (C=O) groups is 1. The fourth-order valence-electron chi connectivity index (χ4n) is 1.73. The van der Waals surface area contributed by atoms with Crippen LogP contribution in [-0.2, 0) is 4.74 Å². The van der Waals surface area contributed by atoms with Gasteiger partial charge in [0.15, 0.2) is 11.5 Å². The van der Waals surface area contributed by atoms with Crippen molar-refractivity contribution in [2.75, 3.05) is 7.11 Å². The van der Waals surface area contributed by atoms with Gasteiger partial charge in [0.1, 0.15) is 5.56 Å². The Balaban J connectivity index is 2.55. The molecule has 1 heterocycles. The number of methoxy groups -OCH3 is 1. The predicted molar refractivity (Wildman–Crippen MR) is 57.9 cm³/mol. The molecule has 4 heteroatoms. The zero-order chi connectivity index (χ0) is 11.9. The summed E-state index contributed by atoms with van der Waals surface area (Å²) in [6.07, 6.45) is 0. The average Bonchev–Trinajstić information content (AvgIpc) is 2.51. The lowest BCUT2D eigenvalue weighted by Crippen LogP contribution is -2.30. The Bertz CT molecular complexity index is 449. The zero-order valence-corrected chi connectivity index (χ0v) is 9.79. The van der Waals surface area contributed by atoms with Gasteiger partial charge in [-0.15, -0.1) is 0 Å². The molecular weight excluding hydrogens is 208 g/mol. The number of carbonyl (C=O) groups excluding carboxylic acids is 1. The third kappa shape index (κ3) is 1.60. The van der Waals surface area contributed by atoms with Crippen LogP contribution in [0.4, 0.5) is 0 Å². The van der Waals surface area contributed by atoms with Crippen molar-refractivity contribution in [1.82, 2.24) is 0 Å². The van der Waals surface area contributed by atoms with E-state index >= 15 is 0 Å². The molecule has 0 amide bonds. The summed E-state index contributed by atoms with van der Waals surface area (Å²) in [6, 6.07) is 3.61. The molecule has 86 valence electrons. The van der Waals surface area contributed by atoms with Crippen LogP contribution in [0.3, 0.4) is 0 Å². The Hall–Kier alpha value is -1.71. The predicted octanol–water partition coefficient (Wildman–Crippen LogP) is 2.29. The van der Waals surface area contributed by atoms with Gasteiger partial charge in [0.2, 0.25) is 5.79 Å². The lowest BCUT2D eigenvalue weighted by Gasteiger charge is -2.16. The Morgan fingerprint density at radius 2 is 2.00 bits per heavy atom. The van der Waals surface area contributed by atoms with Crippen LogP contribution in [-0.4, -0.2) is 18.9 Å². The first kappa shape index (κ1) is 10.8. The summed E-state index contributed by atoms with van der Waals surface area (Å²) in [5.74, 6) is -0.0951. The minimum atomic E-state index is -0.737. The molecule has 0 aromatic heterocycles. The molecule has 1 aromatic carbocycles. The monoisotopic (exact) mass is 222 g/mol. The molecule has 0 aliphatic carbocycles. The number of ether oxygens (including phenoxy) is 3. The van der Waals surface area contributed by atoms with E-state index < -0.39 is 11.8 Å². The van der Waals surface area contributed by atoms with E-state index in [1.165, 1.54) is 7.11 Å². The molecule has 1 aliphatic rings. The fourth-order valence-corrected chi connectivity index (χ4v) is 1.73. The SMILES string of the molecule is COC(=O)c1c(C)ccc2c1OC(C)(C)O2. The second-order valence-electron chi connectivity index (χ2n) is 4.18. The first-order valence-corrected chi connectivity index (χ1v) is 5.04. The molecular formula is C12H14O4. The average molecular weight is 222 g/mol. The number of hydrogen-bond donors (Lipinski definition) is 0. The summed E-state index contributed by atoms with van der Waals surface area (Å²) in [4.78, 5) is 11.6. The quantitative estimate of drug-likeness (QED) is 0.684. The van der Waals surface area contributed by atoms with Crippen molar-refractivity contribution >= 4 is 5.97 Å². The van der Waals surface area contributed by atoms with E-state index in [1.807, 2.05) is 13.0 Å². The van der Waals surface area contributed by atoms with Crippen LogP contribution in [0.5, 0.6) is 11.5 Å². The van der Waals surface area contributed by atoms with Crippen molar-refractivity contribution in [2.45, 2.75) is 26.6 Å². The largest absolute Gasteiger partial charge is 0.465 e. The van der Waals surface area contributed by atoms with E-state index in [4.69, 9.17) is 14.2 Å². The highest BCUT2D eigenvalue weighted by Crippen LogP contribution is 2.43. The molecule has 0 unspecified atom stereocenters. The van der Waals surface area contributed by atoms with Gasteiger partial charge in [-0.1, -0.05) is 6.07 Å². The van der Waals surface area contributed by atoms with Gasteiger partial charge in [0.25, 0.3) is 0 Å². The van der Waals surface area contributed by atoms with Gasteiger partial charge >= 0.3 is 5.97 Å². The lowest BCUT2D eigenvalue weighted by molar-refractivity contribution is -0.0434. The van der Waals surface area contributed by atoms with Gasteiger partial charge in [-0.3, -0.25) is 0 Å². The minimum Gasteiger partial charge on any atom is -0.465 e. The molecule has 1 aliphatic heterocycles. The van der Waals surface area contributed by atoms with Gasteiger partial charge in [-0.2, -0.15) is 0 Å². The number of benzene rings is 1. The second kappa shape index (κ2) is 3.40. The summed E-state index contributed by atoms with van der Waals surface area (Å²) in [5.41, 5.74) is 1.25. The molecule has 2 rings (SSSR count). The Kier molecular flexibility index (Phi) is 2.30. The highest BCUT2D eigenvalue weighted by atomic mass is 16.7. The zero-order valence-electron chi connectivity index (χ0n) is 9.79. The van der Waals surface area contributed by atoms with Crippen LogP contribution >= 0.6 is 0 Å². The molecule has 0 spiro atoms. The van der Waals surface area contributed by atoms with Gasteiger partial charge in [0.05, 0.1) is 7.11 Å². The first-order chi connectivity index (χ1) is 7.44. The third-order valence-corrected chi connectivity index (χ3v) is 2.42. The second-order valence-corrected chi connectivity index (χ2v) is 4.18. The van der Waals surface area contributed by atoms with Gasteiger partial charge < -0.3 is 14.2 Å². The van der Waals surface area contributed by atoms with Crippen molar-refractivity contribution in [2.24, 2.45) is 0 Å². The maximum Gasteiger partial charge on any atom is 0.342 e. The molecule has 0 radical (unpaired) electrons. The van der Waals surface area contributed by atoms with Crippen molar-refractivity contribution in [3.8, 4) is 11.5 Å². The van der Waals surface area contributed by atoms with Crippen molar-refractivity contribution in [1.29, 1.82) is 0 Å². The molecule has 1 aromatic rings. The van der Waals surface area contributed by atoms with Crippen LogP contribution in [0.15, 0.2) is 12.1 Å². The van der Waals surface area contributed by atoms with Crippen LogP contribution in [0.1, 0.15) is 29.8 Å². The summed E-state index contributed by atoms with van der Waals surface area (Å²) in [6.45, 7) is 5.42. The smallest absolute Gasteiger partial charge is 0.342 e. The molecule has 0 bridgehead atoms. The number of rotatable bonds is 1. The molecule has 16 heavy (non-hydrogen) atoms. The highest BCUT2D eigenvalue weighted by Gasteiger charge is 2.35. The van der Waals surface area contributed by atoms with Crippen molar-refractivity contribution < 1.29 is 19.0 Å². The van der Waals surface area contributed by atoms with E-state index in [9.17, 15) is 4.79 Å². The van der Waals surface area contributed by atoms with E-state index in [0.29, 0.717) is 17.1 Å². The molecule has 4 nitrogen and oxygen atoms in total. The fraction of sp³-hybridized carbons (Fsp3) is 0.417. The summed E-state index contributed by atoms with van der Waals surface area (Å²) in [5, 5.41) is 0.